The van der Waals surface area contributed by atoms with Gasteiger partial charge in [0.1, 0.15) is 17.3 Å². The Morgan fingerprint density at radius 1 is 1.16 bits per heavy atom. The van der Waals surface area contributed by atoms with Crippen LogP contribution in [0.1, 0.15) is 44.1 Å². The molecule has 0 N–H and O–H groups in total. The summed E-state index contributed by atoms with van der Waals surface area (Å²) < 4.78 is 0. The van der Waals surface area contributed by atoms with Crippen molar-refractivity contribution >= 4 is 17.3 Å². The van der Waals surface area contributed by atoms with Gasteiger partial charge in [0.25, 0.3) is 0 Å². The van der Waals surface area contributed by atoms with E-state index in [9.17, 15) is 14.4 Å². The molecule has 1 aliphatic carbocycles. The van der Waals surface area contributed by atoms with Crippen molar-refractivity contribution in [3.8, 4) is 0 Å². The molecule has 1 aromatic rings. The third kappa shape index (κ3) is 3.16. The highest BCUT2D eigenvalue weighted by Gasteiger charge is 2.37. The van der Waals surface area contributed by atoms with Gasteiger partial charge in [0.15, 0.2) is 0 Å². The average Bonchev–Trinajstić information content (AvgIpc) is 2.38. The highest BCUT2D eigenvalue weighted by Crippen LogP contribution is 2.34. The molecule has 0 bridgehead atoms. The number of ketones is 3. The fourth-order valence-corrected chi connectivity index (χ4v) is 2.81. The molecule has 0 aliphatic heterocycles. The van der Waals surface area contributed by atoms with E-state index in [1.54, 1.807) is 0 Å². The van der Waals surface area contributed by atoms with Crippen LogP contribution in [0.3, 0.4) is 0 Å². The molecule has 3 nitrogen and oxygen atoms in total. The lowest BCUT2D eigenvalue weighted by Gasteiger charge is -2.27. The van der Waals surface area contributed by atoms with Crippen molar-refractivity contribution in [2.45, 2.75) is 38.5 Å². The molecule has 100 valence electrons. The Morgan fingerprint density at radius 2 is 1.74 bits per heavy atom. The number of hydrogen-bond donors (Lipinski definition) is 0. The highest BCUT2D eigenvalue weighted by molar-refractivity contribution is 6.05. The molecule has 1 aliphatic rings. The van der Waals surface area contributed by atoms with E-state index in [4.69, 9.17) is 0 Å². The van der Waals surface area contributed by atoms with Gasteiger partial charge < -0.3 is 4.79 Å². The third-order valence-corrected chi connectivity index (χ3v) is 3.68. The molecule has 1 fully saturated rings. The minimum Gasteiger partial charge on any atom is -0.300 e. The predicted molar refractivity (Wildman–Crippen MR) is 71.8 cm³/mol. The Kier molecular flexibility index (Phi) is 4.25. The Morgan fingerprint density at radius 3 is 2.26 bits per heavy atom. The van der Waals surface area contributed by atoms with E-state index in [1.165, 1.54) is 6.92 Å². The van der Waals surface area contributed by atoms with Crippen LogP contribution in [0.4, 0.5) is 0 Å². The average molecular weight is 258 g/mol. The minimum atomic E-state index is -0.625. The van der Waals surface area contributed by atoms with Gasteiger partial charge in [0.05, 0.1) is 5.92 Å². The van der Waals surface area contributed by atoms with Gasteiger partial charge in [0.2, 0.25) is 0 Å². The zero-order valence-electron chi connectivity index (χ0n) is 11.1. The van der Waals surface area contributed by atoms with E-state index in [1.807, 2.05) is 30.3 Å². The topological polar surface area (TPSA) is 51.2 Å². The second-order valence-corrected chi connectivity index (χ2v) is 5.19. The molecule has 1 saturated carbocycles. The molecule has 19 heavy (non-hydrogen) atoms. The summed E-state index contributed by atoms with van der Waals surface area (Å²) in [5.41, 5.74) is 0.909. The molecule has 1 atom stereocenters. The van der Waals surface area contributed by atoms with Gasteiger partial charge in [-0.3, -0.25) is 9.59 Å². The first-order valence-corrected chi connectivity index (χ1v) is 6.69. The molecule has 0 saturated heterocycles. The number of hydrogen-bond acceptors (Lipinski definition) is 3. The summed E-state index contributed by atoms with van der Waals surface area (Å²) in [5.74, 6) is -0.920. The van der Waals surface area contributed by atoms with Gasteiger partial charge in [-0.2, -0.15) is 0 Å². The Balaban J connectivity index is 2.34. The van der Waals surface area contributed by atoms with Crippen molar-refractivity contribution in [2.24, 2.45) is 5.92 Å². The maximum atomic E-state index is 12.1. The summed E-state index contributed by atoms with van der Waals surface area (Å²) in [7, 11) is 0. The van der Waals surface area contributed by atoms with Crippen molar-refractivity contribution in [1.82, 2.24) is 0 Å². The normalized spacial score (nSPS) is 18.4. The summed E-state index contributed by atoms with van der Waals surface area (Å²) in [5, 5.41) is 0. The zero-order chi connectivity index (χ0) is 13.8. The summed E-state index contributed by atoms with van der Waals surface area (Å²) >= 11 is 0. The predicted octanol–water partition coefficient (Wildman–Crippen LogP) is 2.69. The molecule has 1 aromatic carbocycles. The van der Waals surface area contributed by atoms with Gasteiger partial charge >= 0.3 is 0 Å². The molecular weight excluding hydrogens is 240 g/mol. The molecule has 0 heterocycles. The van der Waals surface area contributed by atoms with Crippen LogP contribution in [0, 0.1) is 5.92 Å². The standard InChI is InChI=1S/C16H18O3/c1-11(17)10-13(12-6-3-2-4-7-12)16-14(18)8-5-9-15(16)19/h2-4,6-7,13,16H,5,8-10H2,1H3. The van der Waals surface area contributed by atoms with Crippen LogP contribution < -0.4 is 0 Å². The number of carbonyl (C=O) groups is 3. The largest absolute Gasteiger partial charge is 0.300 e. The molecule has 0 radical (unpaired) electrons. The SMILES string of the molecule is CC(=O)CC(c1ccccc1)C1C(=O)CCCC1=O. The summed E-state index contributed by atoms with van der Waals surface area (Å²) in [6.07, 6.45) is 1.82. The van der Waals surface area contributed by atoms with Crippen molar-refractivity contribution in [1.29, 1.82) is 0 Å². The summed E-state index contributed by atoms with van der Waals surface area (Å²) in [4.78, 5) is 35.6. The van der Waals surface area contributed by atoms with E-state index in [0.717, 1.165) is 5.56 Å². The summed E-state index contributed by atoms with van der Waals surface area (Å²) in [6, 6.07) is 9.42. The van der Waals surface area contributed by atoms with E-state index in [-0.39, 0.29) is 29.7 Å². The summed E-state index contributed by atoms with van der Waals surface area (Å²) in [6.45, 7) is 1.51. The maximum absolute atomic E-state index is 12.1. The molecule has 3 heteroatoms. The second kappa shape index (κ2) is 5.91. The number of rotatable bonds is 4. The van der Waals surface area contributed by atoms with Crippen molar-refractivity contribution < 1.29 is 14.4 Å². The number of benzene rings is 1. The van der Waals surface area contributed by atoms with Crippen molar-refractivity contribution in [2.75, 3.05) is 0 Å². The monoisotopic (exact) mass is 258 g/mol. The highest BCUT2D eigenvalue weighted by atomic mass is 16.2. The quantitative estimate of drug-likeness (QED) is 0.780. The molecule has 0 spiro atoms. The zero-order valence-corrected chi connectivity index (χ0v) is 11.1. The second-order valence-electron chi connectivity index (χ2n) is 5.19. The molecule has 0 aromatic heterocycles. The van der Waals surface area contributed by atoms with Crippen LogP contribution in [0.25, 0.3) is 0 Å². The minimum absolute atomic E-state index is 0.00801. The van der Waals surface area contributed by atoms with Gasteiger partial charge in [-0.25, -0.2) is 0 Å². The van der Waals surface area contributed by atoms with Crippen LogP contribution >= 0.6 is 0 Å². The fourth-order valence-electron chi connectivity index (χ4n) is 2.81. The molecule has 0 amide bonds. The first-order valence-electron chi connectivity index (χ1n) is 6.69. The van der Waals surface area contributed by atoms with E-state index in [0.29, 0.717) is 19.3 Å². The molecular formula is C16H18O3. The van der Waals surface area contributed by atoms with Crippen LogP contribution in [0.2, 0.25) is 0 Å². The fraction of sp³-hybridized carbons (Fsp3) is 0.438. The smallest absolute Gasteiger partial charge is 0.143 e. The number of Topliss-reactive ketones (excluding diaryl/α,β-unsaturated/α-hetero) is 3. The number of carbonyl (C=O) groups excluding carboxylic acids is 3. The molecule has 1 unspecified atom stereocenters. The van der Waals surface area contributed by atoms with Crippen molar-refractivity contribution in [3.63, 3.8) is 0 Å². The first-order chi connectivity index (χ1) is 9.09. The van der Waals surface area contributed by atoms with Crippen LogP contribution in [-0.4, -0.2) is 17.3 Å². The van der Waals surface area contributed by atoms with Crippen molar-refractivity contribution in [3.05, 3.63) is 35.9 Å². The Hall–Kier alpha value is -1.77. The van der Waals surface area contributed by atoms with Gasteiger partial charge in [-0.05, 0) is 18.9 Å². The van der Waals surface area contributed by atoms with Gasteiger partial charge in [-0.1, -0.05) is 30.3 Å². The van der Waals surface area contributed by atoms with Crippen LogP contribution in [0.5, 0.6) is 0 Å². The van der Waals surface area contributed by atoms with E-state index < -0.39 is 5.92 Å². The first kappa shape index (κ1) is 13.7. The Bertz CT molecular complexity index is 474. The molecule has 2 rings (SSSR count). The lowest BCUT2D eigenvalue weighted by Crippen LogP contribution is -2.34. The van der Waals surface area contributed by atoms with E-state index >= 15 is 0 Å². The van der Waals surface area contributed by atoms with Gasteiger partial charge in [-0.15, -0.1) is 0 Å². The van der Waals surface area contributed by atoms with E-state index in [2.05, 4.69) is 0 Å². The Labute approximate surface area is 113 Å². The lowest BCUT2D eigenvalue weighted by atomic mass is 9.73. The van der Waals surface area contributed by atoms with Crippen LogP contribution in [-0.2, 0) is 14.4 Å². The lowest BCUT2D eigenvalue weighted by molar-refractivity contribution is -0.136. The maximum Gasteiger partial charge on any atom is 0.143 e. The third-order valence-electron chi connectivity index (χ3n) is 3.68. The van der Waals surface area contributed by atoms with Gasteiger partial charge in [0, 0.05) is 25.2 Å². The van der Waals surface area contributed by atoms with Crippen LogP contribution in [0.15, 0.2) is 30.3 Å².